The van der Waals surface area contributed by atoms with E-state index in [0.717, 1.165) is 37.6 Å². The molecule has 8 heteroatoms. The summed E-state index contributed by atoms with van der Waals surface area (Å²) in [6, 6.07) is 3.31. The van der Waals surface area contributed by atoms with Crippen LogP contribution in [0.3, 0.4) is 0 Å². The number of carbonyl (C=O) groups excluding carboxylic acids is 1. The molecule has 24 heavy (non-hydrogen) atoms. The number of likely N-dealkylation sites (N-methyl/N-ethyl adjacent to an activating group) is 1. The van der Waals surface area contributed by atoms with Crippen LogP contribution in [0.1, 0.15) is 11.6 Å². The highest BCUT2D eigenvalue weighted by Gasteiger charge is 2.20. The summed E-state index contributed by atoms with van der Waals surface area (Å²) in [6.45, 7) is 3.17. The van der Waals surface area contributed by atoms with Crippen LogP contribution in [0.25, 0.3) is 0 Å². The van der Waals surface area contributed by atoms with Gasteiger partial charge in [0.2, 0.25) is 5.91 Å². The fourth-order valence-electron chi connectivity index (χ4n) is 2.71. The number of carbonyl (C=O) groups is 1. The van der Waals surface area contributed by atoms with Crippen molar-refractivity contribution in [3.8, 4) is 0 Å². The first-order valence-electron chi connectivity index (χ1n) is 7.93. The van der Waals surface area contributed by atoms with E-state index in [2.05, 4.69) is 25.6 Å². The zero-order chi connectivity index (χ0) is 16.9. The first kappa shape index (κ1) is 16.4. The first-order valence-corrected chi connectivity index (χ1v) is 7.93. The number of ether oxygens (including phenoxy) is 1. The Kier molecular flexibility index (Phi) is 5.07. The molecule has 1 amide bonds. The second-order valence-corrected chi connectivity index (χ2v) is 5.66. The number of aromatic nitrogens is 3. The van der Waals surface area contributed by atoms with Gasteiger partial charge in [0.1, 0.15) is 11.9 Å². The summed E-state index contributed by atoms with van der Waals surface area (Å²) in [5.74, 6) is 0.360. The number of rotatable bonds is 5. The van der Waals surface area contributed by atoms with Crippen molar-refractivity contribution >= 4 is 17.4 Å². The molecular weight excluding hydrogens is 308 g/mol. The van der Waals surface area contributed by atoms with Crippen LogP contribution in [0.2, 0.25) is 0 Å². The maximum atomic E-state index is 12.5. The highest BCUT2D eigenvalue weighted by molar-refractivity contribution is 5.94. The van der Waals surface area contributed by atoms with E-state index in [4.69, 9.17) is 4.74 Å². The normalized spacial score (nSPS) is 16.0. The maximum absolute atomic E-state index is 12.5. The van der Waals surface area contributed by atoms with Crippen molar-refractivity contribution in [3.05, 3.63) is 36.3 Å². The third-order valence-corrected chi connectivity index (χ3v) is 3.98. The molecule has 2 aromatic rings. The number of amides is 1. The van der Waals surface area contributed by atoms with E-state index in [-0.39, 0.29) is 5.91 Å². The molecule has 1 saturated heterocycles. The van der Waals surface area contributed by atoms with E-state index in [1.807, 2.05) is 25.4 Å². The monoisotopic (exact) mass is 330 g/mol. The number of morpholine rings is 1. The van der Waals surface area contributed by atoms with Crippen LogP contribution in [0.15, 0.2) is 30.7 Å². The second kappa shape index (κ2) is 7.41. The number of pyridine rings is 1. The average Bonchev–Trinajstić information content (AvgIpc) is 3.03. The molecule has 3 rings (SSSR count). The average molecular weight is 330 g/mol. The van der Waals surface area contributed by atoms with Gasteiger partial charge >= 0.3 is 0 Å². The van der Waals surface area contributed by atoms with Crippen molar-refractivity contribution in [1.29, 1.82) is 0 Å². The number of nitrogens with one attached hydrogen (secondary N) is 2. The zero-order valence-corrected chi connectivity index (χ0v) is 13.9. The van der Waals surface area contributed by atoms with E-state index >= 15 is 0 Å². The van der Waals surface area contributed by atoms with Crippen molar-refractivity contribution in [2.75, 3.05) is 43.6 Å². The molecule has 2 aromatic heterocycles. The van der Waals surface area contributed by atoms with Gasteiger partial charge in [-0.1, -0.05) is 0 Å². The van der Waals surface area contributed by atoms with E-state index in [0.29, 0.717) is 5.82 Å². The van der Waals surface area contributed by atoms with Crippen molar-refractivity contribution < 1.29 is 9.53 Å². The molecule has 1 atom stereocenters. The molecule has 1 fully saturated rings. The third-order valence-electron chi connectivity index (χ3n) is 3.98. The van der Waals surface area contributed by atoms with Crippen molar-refractivity contribution in [1.82, 2.24) is 20.1 Å². The van der Waals surface area contributed by atoms with Crippen LogP contribution in [0.4, 0.5) is 11.5 Å². The quantitative estimate of drug-likeness (QED) is 0.833. The van der Waals surface area contributed by atoms with Gasteiger partial charge in [0.25, 0.3) is 0 Å². The van der Waals surface area contributed by atoms with Gasteiger partial charge in [-0.3, -0.25) is 9.48 Å². The van der Waals surface area contributed by atoms with Gasteiger partial charge in [0, 0.05) is 31.9 Å². The Morgan fingerprint density at radius 2 is 2.08 bits per heavy atom. The summed E-state index contributed by atoms with van der Waals surface area (Å²) in [6.07, 6.45) is 5.27. The lowest BCUT2D eigenvalue weighted by Gasteiger charge is -2.28. The molecule has 8 nitrogen and oxygen atoms in total. The highest BCUT2D eigenvalue weighted by atomic mass is 16.5. The Hall–Kier alpha value is -2.45. The number of nitrogens with zero attached hydrogens (tertiary/aromatic N) is 4. The number of hydrogen-bond donors (Lipinski definition) is 2. The lowest BCUT2D eigenvalue weighted by atomic mass is 10.1. The second-order valence-electron chi connectivity index (χ2n) is 5.66. The molecule has 1 aliphatic rings. The Balaban J connectivity index is 1.65. The van der Waals surface area contributed by atoms with Crippen LogP contribution >= 0.6 is 0 Å². The molecule has 0 spiro atoms. The van der Waals surface area contributed by atoms with Crippen molar-refractivity contribution in [2.24, 2.45) is 7.05 Å². The standard InChI is InChI=1S/C16H22N6O2/c1-17-15(12-9-19-21(2)11-12)16(23)20-14-4-3-13(10-18-14)22-5-7-24-8-6-22/h3-4,9-11,15,17H,5-8H2,1-2H3,(H,18,20,23). The first-order chi connectivity index (χ1) is 11.7. The predicted molar refractivity (Wildman–Crippen MR) is 90.9 cm³/mol. The molecule has 2 N–H and O–H groups in total. The molecule has 1 aliphatic heterocycles. The zero-order valence-electron chi connectivity index (χ0n) is 13.9. The van der Waals surface area contributed by atoms with Gasteiger partial charge in [-0.15, -0.1) is 0 Å². The van der Waals surface area contributed by atoms with Gasteiger partial charge in [-0.05, 0) is 19.2 Å². The smallest absolute Gasteiger partial charge is 0.247 e. The topological polar surface area (TPSA) is 84.3 Å². The third kappa shape index (κ3) is 3.72. The molecule has 0 bridgehead atoms. The van der Waals surface area contributed by atoms with Crippen LogP contribution in [0.5, 0.6) is 0 Å². The Morgan fingerprint density at radius 3 is 2.67 bits per heavy atom. The predicted octanol–water partition coefficient (Wildman–Crippen LogP) is 0.551. The van der Waals surface area contributed by atoms with Gasteiger partial charge in [0.15, 0.2) is 0 Å². The van der Waals surface area contributed by atoms with Gasteiger partial charge in [-0.2, -0.15) is 5.10 Å². The SMILES string of the molecule is CNC(C(=O)Nc1ccc(N2CCOCC2)cn1)c1cnn(C)c1. The van der Waals surface area contributed by atoms with Crippen LogP contribution in [-0.2, 0) is 16.6 Å². The fourth-order valence-corrected chi connectivity index (χ4v) is 2.71. The minimum Gasteiger partial charge on any atom is -0.378 e. The van der Waals surface area contributed by atoms with Crippen LogP contribution in [-0.4, -0.2) is 54.0 Å². The van der Waals surface area contributed by atoms with Crippen LogP contribution in [0, 0.1) is 0 Å². The molecule has 128 valence electrons. The molecule has 0 aliphatic carbocycles. The fraction of sp³-hybridized carbons (Fsp3) is 0.438. The Labute approximate surface area is 140 Å². The molecule has 0 radical (unpaired) electrons. The van der Waals surface area contributed by atoms with Gasteiger partial charge < -0.3 is 20.3 Å². The molecule has 0 aromatic carbocycles. The van der Waals surface area contributed by atoms with Gasteiger partial charge in [0.05, 0.1) is 31.3 Å². The summed E-state index contributed by atoms with van der Waals surface area (Å²) >= 11 is 0. The lowest BCUT2D eigenvalue weighted by Crippen LogP contribution is -2.36. The molecular formula is C16H22N6O2. The molecule has 1 unspecified atom stereocenters. The van der Waals surface area contributed by atoms with Gasteiger partial charge in [-0.25, -0.2) is 4.98 Å². The number of anilines is 2. The highest BCUT2D eigenvalue weighted by Crippen LogP contribution is 2.18. The van der Waals surface area contributed by atoms with E-state index < -0.39 is 6.04 Å². The number of aryl methyl sites for hydroxylation is 1. The van der Waals surface area contributed by atoms with Crippen molar-refractivity contribution in [3.63, 3.8) is 0 Å². The summed E-state index contributed by atoms with van der Waals surface area (Å²) in [7, 11) is 3.56. The Bertz CT molecular complexity index is 678. The number of hydrogen-bond acceptors (Lipinski definition) is 6. The summed E-state index contributed by atoms with van der Waals surface area (Å²) in [5.41, 5.74) is 1.84. The summed E-state index contributed by atoms with van der Waals surface area (Å²) in [5, 5.41) is 9.94. The summed E-state index contributed by atoms with van der Waals surface area (Å²) < 4.78 is 7.02. The van der Waals surface area contributed by atoms with E-state index in [1.54, 1.807) is 24.1 Å². The molecule has 3 heterocycles. The molecule has 0 saturated carbocycles. The summed E-state index contributed by atoms with van der Waals surface area (Å²) in [4.78, 5) is 19.0. The van der Waals surface area contributed by atoms with Crippen LogP contribution < -0.4 is 15.5 Å². The lowest BCUT2D eigenvalue weighted by molar-refractivity contribution is -0.118. The van der Waals surface area contributed by atoms with Crippen molar-refractivity contribution in [2.45, 2.75) is 6.04 Å². The maximum Gasteiger partial charge on any atom is 0.247 e. The van der Waals surface area contributed by atoms with E-state index in [9.17, 15) is 4.79 Å². The largest absolute Gasteiger partial charge is 0.378 e. The minimum absolute atomic E-state index is 0.169. The minimum atomic E-state index is -0.473. The Morgan fingerprint density at radius 1 is 1.29 bits per heavy atom. The van der Waals surface area contributed by atoms with E-state index in [1.165, 1.54) is 0 Å².